The Balaban J connectivity index is 1.79. The topological polar surface area (TPSA) is 50.4 Å². The van der Waals surface area contributed by atoms with Gasteiger partial charge < -0.3 is 10.1 Å². The summed E-state index contributed by atoms with van der Waals surface area (Å²) in [6, 6.07) is -0.685. The van der Waals surface area contributed by atoms with Crippen molar-refractivity contribution in [2.24, 2.45) is 0 Å². The van der Waals surface area contributed by atoms with Gasteiger partial charge in [-0.3, -0.25) is 10.1 Å². The van der Waals surface area contributed by atoms with E-state index in [0.29, 0.717) is 13.2 Å². The molecule has 2 heterocycles. The standard InChI is InChI=1S/C10H16F2N2O2/c11-10(12)5-8(13-6-10)9(15)14-7-1-3-16-4-2-7/h7-8,13H,1-6H2,(H,14,15). The van der Waals surface area contributed by atoms with E-state index in [1.54, 1.807) is 0 Å². The second-order valence-electron chi connectivity index (χ2n) is 4.39. The summed E-state index contributed by atoms with van der Waals surface area (Å²) in [7, 11) is 0. The SMILES string of the molecule is O=C(NC1CCOCC1)C1CC(F)(F)CN1. The maximum atomic E-state index is 12.9. The Morgan fingerprint density at radius 1 is 1.38 bits per heavy atom. The van der Waals surface area contributed by atoms with Crippen molar-refractivity contribution in [1.82, 2.24) is 10.6 Å². The molecule has 2 aliphatic heterocycles. The molecule has 0 aromatic rings. The smallest absolute Gasteiger partial charge is 0.262 e. The van der Waals surface area contributed by atoms with Crippen LogP contribution in [0.4, 0.5) is 8.78 Å². The summed E-state index contributed by atoms with van der Waals surface area (Å²) >= 11 is 0. The number of nitrogens with one attached hydrogen (secondary N) is 2. The number of hydrogen-bond donors (Lipinski definition) is 2. The van der Waals surface area contributed by atoms with Crippen LogP contribution in [-0.2, 0) is 9.53 Å². The summed E-state index contributed by atoms with van der Waals surface area (Å²) in [5, 5.41) is 5.33. The molecule has 0 spiro atoms. The van der Waals surface area contributed by atoms with Crippen LogP contribution in [0.25, 0.3) is 0 Å². The average molecular weight is 234 g/mol. The van der Waals surface area contributed by atoms with E-state index in [0.717, 1.165) is 12.8 Å². The minimum atomic E-state index is -2.75. The Labute approximate surface area is 92.7 Å². The Morgan fingerprint density at radius 3 is 2.62 bits per heavy atom. The monoisotopic (exact) mass is 234 g/mol. The van der Waals surface area contributed by atoms with Crippen molar-refractivity contribution in [2.75, 3.05) is 19.8 Å². The molecule has 1 atom stereocenters. The number of carbonyl (C=O) groups is 1. The van der Waals surface area contributed by atoms with Crippen molar-refractivity contribution in [3.05, 3.63) is 0 Å². The highest BCUT2D eigenvalue weighted by Gasteiger charge is 2.42. The van der Waals surface area contributed by atoms with Gasteiger partial charge in [0.25, 0.3) is 5.92 Å². The molecule has 0 bridgehead atoms. The molecule has 0 radical (unpaired) electrons. The summed E-state index contributed by atoms with van der Waals surface area (Å²) < 4.78 is 30.9. The zero-order chi connectivity index (χ0) is 11.6. The lowest BCUT2D eigenvalue weighted by Gasteiger charge is -2.24. The zero-order valence-corrected chi connectivity index (χ0v) is 8.97. The van der Waals surface area contributed by atoms with Crippen molar-refractivity contribution in [3.8, 4) is 0 Å². The Kier molecular flexibility index (Phi) is 3.39. The molecule has 16 heavy (non-hydrogen) atoms. The van der Waals surface area contributed by atoms with Gasteiger partial charge in [0.15, 0.2) is 0 Å². The number of hydrogen-bond acceptors (Lipinski definition) is 3. The van der Waals surface area contributed by atoms with E-state index < -0.39 is 24.9 Å². The third-order valence-corrected chi connectivity index (χ3v) is 2.99. The Bertz CT molecular complexity index is 268. The fraction of sp³-hybridized carbons (Fsp3) is 0.900. The number of amides is 1. The van der Waals surface area contributed by atoms with E-state index in [1.165, 1.54) is 0 Å². The van der Waals surface area contributed by atoms with E-state index in [-0.39, 0.29) is 11.9 Å². The van der Waals surface area contributed by atoms with Gasteiger partial charge in [-0.2, -0.15) is 0 Å². The summed E-state index contributed by atoms with van der Waals surface area (Å²) in [6.07, 6.45) is 1.12. The Morgan fingerprint density at radius 2 is 2.06 bits per heavy atom. The van der Waals surface area contributed by atoms with Crippen LogP contribution in [-0.4, -0.2) is 43.7 Å². The lowest BCUT2D eigenvalue weighted by Crippen LogP contribution is -2.46. The van der Waals surface area contributed by atoms with Crippen molar-refractivity contribution in [1.29, 1.82) is 0 Å². The van der Waals surface area contributed by atoms with Crippen LogP contribution in [0.2, 0.25) is 0 Å². The van der Waals surface area contributed by atoms with E-state index in [2.05, 4.69) is 10.6 Å². The maximum absolute atomic E-state index is 12.9. The summed E-state index contributed by atoms with van der Waals surface area (Å²) in [5.74, 6) is -3.07. The molecule has 1 unspecified atom stereocenters. The van der Waals surface area contributed by atoms with E-state index in [1.807, 2.05) is 0 Å². The molecule has 6 heteroatoms. The molecule has 2 fully saturated rings. The van der Waals surface area contributed by atoms with Gasteiger partial charge in [-0.1, -0.05) is 0 Å². The van der Waals surface area contributed by atoms with Crippen LogP contribution in [0.5, 0.6) is 0 Å². The highest BCUT2D eigenvalue weighted by Crippen LogP contribution is 2.25. The summed E-state index contributed by atoms with van der Waals surface area (Å²) in [4.78, 5) is 11.7. The normalized spacial score (nSPS) is 30.2. The largest absolute Gasteiger partial charge is 0.381 e. The molecule has 92 valence electrons. The molecule has 0 aromatic heterocycles. The minimum Gasteiger partial charge on any atom is -0.381 e. The second-order valence-corrected chi connectivity index (χ2v) is 4.39. The van der Waals surface area contributed by atoms with Crippen molar-refractivity contribution >= 4 is 5.91 Å². The summed E-state index contributed by atoms with van der Waals surface area (Å²) in [5.41, 5.74) is 0. The summed E-state index contributed by atoms with van der Waals surface area (Å²) in [6.45, 7) is 0.845. The number of alkyl halides is 2. The van der Waals surface area contributed by atoms with Gasteiger partial charge in [-0.25, -0.2) is 8.78 Å². The van der Waals surface area contributed by atoms with Gasteiger partial charge in [-0.15, -0.1) is 0 Å². The highest BCUT2D eigenvalue weighted by atomic mass is 19.3. The van der Waals surface area contributed by atoms with Gasteiger partial charge >= 0.3 is 0 Å². The molecule has 2 N–H and O–H groups in total. The van der Waals surface area contributed by atoms with Gasteiger partial charge in [-0.05, 0) is 12.8 Å². The molecule has 2 aliphatic rings. The molecule has 2 saturated heterocycles. The molecular weight excluding hydrogens is 218 g/mol. The van der Waals surface area contributed by atoms with Crippen LogP contribution in [0.3, 0.4) is 0 Å². The first-order chi connectivity index (χ1) is 7.57. The predicted octanol–water partition coefficient (Wildman–Crippen LogP) is 0.279. The van der Waals surface area contributed by atoms with Crippen molar-refractivity contribution in [2.45, 2.75) is 37.3 Å². The maximum Gasteiger partial charge on any atom is 0.262 e. The lowest BCUT2D eigenvalue weighted by atomic mass is 10.1. The molecule has 1 amide bonds. The lowest BCUT2D eigenvalue weighted by molar-refractivity contribution is -0.124. The third kappa shape index (κ3) is 2.89. The van der Waals surface area contributed by atoms with E-state index in [9.17, 15) is 13.6 Å². The Hall–Kier alpha value is -0.750. The van der Waals surface area contributed by atoms with Crippen LogP contribution >= 0.6 is 0 Å². The number of halogens is 2. The minimum absolute atomic E-state index is 0.0669. The number of ether oxygens (including phenoxy) is 1. The number of rotatable bonds is 2. The molecule has 4 nitrogen and oxygen atoms in total. The van der Waals surface area contributed by atoms with E-state index in [4.69, 9.17) is 4.74 Å². The zero-order valence-electron chi connectivity index (χ0n) is 8.97. The van der Waals surface area contributed by atoms with E-state index >= 15 is 0 Å². The fourth-order valence-electron chi connectivity index (χ4n) is 2.04. The molecule has 0 aromatic carbocycles. The quantitative estimate of drug-likeness (QED) is 0.721. The first kappa shape index (κ1) is 11.7. The highest BCUT2D eigenvalue weighted by molar-refractivity contribution is 5.82. The van der Waals surface area contributed by atoms with Gasteiger partial charge in [0, 0.05) is 25.7 Å². The average Bonchev–Trinajstić information content (AvgIpc) is 2.60. The molecule has 0 aliphatic carbocycles. The van der Waals surface area contributed by atoms with Gasteiger partial charge in [0.1, 0.15) is 0 Å². The first-order valence-corrected chi connectivity index (χ1v) is 5.56. The van der Waals surface area contributed by atoms with Gasteiger partial charge in [0.2, 0.25) is 5.91 Å². The van der Waals surface area contributed by atoms with Gasteiger partial charge in [0.05, 0.1) is 12.6 Å². The molecule has 0 saturated carbocycles. The van der Waals surface area contributed by atoms with Crippen LogP contribution in [0, 0.1) is 0 Å². The molecular formula is C10H16F2N2O2. The van der Waals surface area contributed by atoms with Crippen molar-refractivity contribution in [3.63, 3.8) is 0 Å². The van der Waals surface area contributed by atoms with Crippen LogP contribution in [0.15, 0.2) is 0 Å². The second kappa shape index (κ2) is 4.63. The van der Waals surface area contributed by atoms with Crippen molar-refractivity contribution < 1.29 is 18.3 Å². The molecule has 2 rings (SSSR count). The number of carbonyl (C=O) groups excluding carboxylic acids is 1. The third-order valence-electron chi connectivity index (χ3n) is 2.99. The fourth-order valence-corrected chi connectivity index (χ4v) is 2.04. The van der Waals surface area contributed by atoms with Crippen LogP contribution < -0.4 is 10.6 Å². The van der Waals surface area contributed by atoms with Crippen LogP contribution in [0.1, 0.15) is 19.3 Å². The first-order valence-electron chi connectivity index (χ1n) is 5.56. The predicted molar refractivity (Wildman–Crippen MR) is 53.3 cm³/mol.